The summed E-state index contributed by atoms with van der Waals surface area (Å²) in [7, 11) is 0. The minimum Gasteiger partial charge on any atom is -0.295 e. The van der Waals surface area contributed by atoms with Gasteiger partial charge >= 0.3 is 0 Å². The molecule has 0 aromatic carbocycles. The molecule has 2 atom stereocenters. The lowest BCUT2D eigenvalue weighted by Crippen LogP contribution is -2.32. The Bertz CT molecular complexity index is 436. The highest BCUT2D eigenvalue weighted by molar-refractivity contribution is 9.11. The number of nitrogens with one attached hydrogen (secondary N) is 1. The third-order valence-corrected chi connectivity index (χ3v) is 3.37. The molecule has 4 heteroatoms. The van der Waals surface area contributed by atoms with Crippen LogP contribution in [-0.4, -0.2) is 11.8 Å². The molecule has 0 bridgehead atoms. The summed E-state index contributed by atoms with van der Waals surface area (Å²) in [5, 5.41) is 2.38. The van der Waals surface area contributed by atoms with Gasteiger partial charge in [-0.15, -0.1) is 0 Å². The molecule has 0 spiro atoms. The van der Waals surface area contributed by atoms with E-state index in [2.05, 4.69) is 21.2 Å². The Morgan fingerprint density at radius 3 is 3.00 bits per heavy atom. The number of carbonyl (C=O) groups is 2. The van der Waals surface area contributed by atoms with Crippen molar-refractivity contribution in [2.45, 2.75) is 13.3 Å². The summed E-state index contributed by atoms with van der Waals surface area (Å²) in [4.78, 5) is 23.5. The van der Waals surface area contributed by atoms with Crippen LogP contribution in [0.1, 0.15) is 13.3 Å². The average molecular weight is 282 g/mol. The molecule has 0 aromatic heterocycles. The van der Waals surface area contributed by atoms with Crippen molar-refractivity contribution in [2.24, 2.45) is 11.3 Å². The average Bonchev–Trinajstić information content (AvgIpc) is 2.48. The maximum atomic E-state index is 11.9. The molecule has 2 unspecified atom stereocenters. The summed E-state index contributed by atoms with van der Waals surface area (Å²) < 4.78 is 0.828. The number of hydrogen-bond acceptors (Lipinski definition) is 2. The van der Waals surface area contributed by atoms with Gasteiger partial charge in [-0.2, -0.15) is 0 Å². The molecule has 16 heavy (non-hydrogen) atoms. The highest BCUT2D eigenvalue weighted by atomic mass is 79.9. The SMILES string of the molecule is CCC=CC12C=C(Br)C=CC1C(=O)NC2=O. The molecule has 2 rings (SSSR count). The number of imide groups is 1. The number of rotatable bonds is 2. The summed E-state index contributed by atoms with van der Waals surface area (Å²) in [6.07, 6.45) is 9.95. The Morgan fingerprint density at radius 1 is 1.56 bits per heavy atom. The van der Waals surface area contributed by atoms with Crippen molar-refractivity contribution >= 4 is 27.7 Å². The Hall–Kier alpha value is -1.16. The first-order valence-electron chi connectivity index (χ1n) is 5.19. The van der Waals surface area contributed by atoms with Gasteiger partial charge in [-0.05, 0) is 12.5 Å². The van der Waals surface area contributed by atoms with Crippen LogP contribution in [0.2, 0.25) is 0 Å². The van der Waals surface area contributed by atoms with Crippen LogP contribution in [0.25, 0.3) is 0 Å². The van der Waals surface area contributed by atoms with Gasteiger partial charge in [0, 0.05) is 4.48 Å². The van der Waals surface area contributed by atoms with Crippen molar-refractivity contribution < 1.29 is 9.59 Å². The fourth-order valence-electron chi connectivity index (χ4n) is 2.06. The molecule has 84 valence electrons. The molecule has 2 aliphatic rings. The zero-order chi connectivity index (χ0) is 11.8. The van der Waals surface area contributed by atoms with Gasteiger partial charge in [-0.1, -0.05) is 47.2 Å². The number of amides is 2. The summed E-state index contributed by atoms with van der Waals surface area (Å²) in [5.74, 6) is -0.879. The van der Waals surface area contributed by atoms with Crippen LogP contribution in [0.15, 0.2) is 34.9 Å². The molecule has 3 nitrogen and oxygen atoms in total. The van der Waals surface area contributed by atoms with Gasteiger partial charge < -0.3 is 0 Å². The van der Waals surface area contributed by atoms with Gasteiger partial charge in [0.1, 0.15) is 5.41 Å². The van der Waals surface area contributed by atoms with Gasteiger partial charge in [0.15, 0.2) is 0 Å². The standard InChI is InChI=1S/C12H12BrNO2/c1-2-3-6-12-7-8(13)4-5-9(12)10(15)14-11(12)16/h3-7,9H,2H2,1H3,(H,14,15,16). The van der Waals surface area contributed by atoms with Crippen molar-refractivity contribution in [2.75, 3.05) is 0 Å². The lowest BCUT2D eigenvalue weighted by Gasteiger charge is -2.25. The molecule has 1 aliphatic heterocycles. The summed E-state index contributed by atoms with van der Waals surface area (Å²) >= 11 is 3.35. The maximum Gasteiger partial charge on any atom is 0.241 e. The monoisotopic (exact) mass is 281 g/mol. The maximum absolute atomic E-state index is 11.9. The molecule has 0 aromatic rings. The summed E-state index contributed by atoms with van der Waals surface area (Å²) in [6, 6.07) is 0. The number of hydrogen-bond donors (Lipinski definition) is 1. The fraction of sp³-hybridized carbons (Fsp3) is 0.333. The quantitative estimate of drug-likeness (QED) is 0.622. The second-order valence-electron chi connectivity index (χ2n) is 3.93. The Kier molecular flexibility index (Phi) is 2.84. The summed E-state index contributed by atoms with van der Waals surface area (Å²) in [5.41, 5.74) is -0.833. The van der Waals surface area contributed by atoms with E-state index in [-0.39, 0.29) is 11.8 Å². The van der Waals surface area contributed by atoms with E-state index < -0.39 is 11.3 Å². The van der Waals surface area contributed by atoms with Gasteiger partial charge in [0.05, 0.1) is 5.92 Å². The number of halogens is 1. The Balaban J connectivity index is 2.50. The molecule has 2 amide bonds. The molecule has 0 radical (unpaired) electrons. The van der Waals surface area contributed by atoms with E-state index in [1.54, 1.807) is 18.2 Å². The fourth-order valence-corrected chi connectivity index (χ4v) is 2.59. The van der Waals surface area contributed by atoms with Crippen molar-refractivity contribution in [3.05, 3.63) is 34.9 Å². The van der Waals surface area contributed by atoms with Crippen LogP contribution >= 0.6 is 15.9 Å². The number of fused-ring (bicyclic) bond motifs is 1. The molecule has 1 heterocycles. The van der Waals surface area contributed by atoms with Crippen LogP contribution in [0, 0.1) is 11.3 Å². The largest absolute Gasteiger partial charge is 0.295 e. The zero-order valence-electron chi connectivity index (χ0n) is 8.87. The lowest BCUT2D eigenvalue weighted by atomic mass is 9.74. The summed E-state index contributed by atoms with van der Waals surface area (Å²) in [6.45, 7) is 1.99. The second-order valence-corrected chi connectivity index (χ2v) is 4.84. The van der Waals surface area contributed by atoms with Crippen molar-refractivity contribution in [3.8, 4) is 0 Å². The van der Waals surface area contributed by atoms with Gasteiger partial charge in [0.2, 0.25) is 11.8 Å². The first-order valence-corrected chi connectivity index (χ1v) is 5.99. The van der Waals surface area contributed by atoms with E-state index in [1.807, 2.05) is 19.1 Å². The van der Waals surface area contributed by atoms with Crippen LogP contribution in [0.5, 0.6) is 0 Å². The molecular weight excluding hydrogens is 270 g/mol. The van der Waals surface area contributed by atoms with E-state index in [0.717, 1.165) is 10.9 Å². The first kappa shape index (κ1) is 11.3. The van der Waals surface area contributed by atoms with Gasteiger partial charge in [-0.25, -0.2) is 0 Å². The van der Waals surface area contributed by atoms with Crippen LogP contribution in [-0.2, 0) is 9.59 Å². The van der Waals surface area contributed by atoms with Crippen LogP contribution in [0.3, 0.4) is 0 Å². The van der Waals surface area contributed by atoms with Gasteiger partial charge in [-0.3, -0.25) is 14.9 Å². The van der Waals surface area contributed by atoms with E-state index in [9.17, 15) is 9.59 Å². The third-order valence-electron chi connectivity index (χ3n) is 2.88. The highest BCUT2D eigenvalue weighted by Gasteiger charge is 2.52. The van der Waals surface area contributed by atoms with E-state index in [1.165, 1.54) is 0 Å². The highest BCUT2D eigenvalue weighted by Crippen LogP contribution is 2.42. The first-order chi connectivity index (χ1) is 7.60. The number of allylic oxidation sites excluding steroid dienone is 3. The zero-order valence-corrected chi connectivity index (χ0v) is 10.5. The van der Waals surface area contributed by atoms with Crippen LogP contribution in [0.4, 0.5) is 0 Å². The van der Waals surface area contributed by atoms with Gasteiger partial charge in [0.25, 0.3) is 0 Å². The topological polar surface area (TPSA) is 46.2 Å². The number of carbonyl (C=O) groups excluding carboxylic acids is 2. The smallest absolute Gasteiger partial charge is 0.241 e. The molecule has 1 N–H and O–H groups in total. The third kappa shape index (κ3) is 1.57. The van der Waals surface area contributed by atoms with Crippen molar-refractivity contribution in [1.82, 2.24) is 5.32 Å². The molecule has 1 saturated heterocycles. The predicted molar refractivity (Wildman–Crippen MR) is 64.7 cm³/mol. The molecule has 1 aliphatic carbocycles. The van der Waals surface area contributed by atoms with Crippen LogP contribution < -0.4 is 5.32 Å². The van der Waals surface area contributed by atoms with E-state index in [4.69, 9.17) is 0 Å². The second kappa shape index (κ2) is 4.01. The molecule has 1 fully saturated rings. The van der Waals surface area contributed by atoms with Crippen molar-refractivity contribution in [1.29, 1.82) is 0 Å². The predicted octanol–water partition coefficient (Wildman–Crippen LogP) is 2.06. The Morgan fingerprint density at radius 2 is 2.31 bits per heavy atom. The normalized spacial score (nSPS) is 32.9. The minimum atomic E-state index is -0.833. The Labute approximate surface area is 102 Å². The molecule has 0 saturated carbocycles. The van der Waals surface area contributed by atoms with Crippen molar-refractivity contribution in [3.63, 3.8) is 0 Å². The van der Waals surface area contributed by atoms with E-state index in [0.29, 0.717) is 0 Å². The lowest BCUT2D eigenvalue weighted by molar-refractivity contribution is -0.126. The van der Waals surface area contributed by atoms with E-state index >= 15 is 0 Å². The molecular formula is C12H12BrNO2. The minimum absolute atomic E-state index is 0.224.